The Kier molecular flexibility index (Phi) is 10.1. The third-order valence-corrected chi connectivity index (χ3v) is 6.37. The number of carboxylic acids is 1. The second-order valence-electron chi connectivity index (χ2n) is 10.4. The molecule has 186 valence electrons. The number of halogens is 1. The van der Waals surface area contributed by atoms with Crippen molar-refractivity contribution in [3.05, 3.63) is 71.8 Å². The van der Waals surface area contributed by atoms with E-state index in [1.54, 1.807) is 0 Å². The van der Waals surface area contributed by atoms with Gasteiger partial charge in [-0.1, -0.05) is 73.5 Å². The fourth-order valence-corrected chi connectivity index (χ4v) is 4.82. The van der Waals surface area contributed by atoms with Gasteiger partial charge in [-0.2, -0.15) is 0 Å². The summed E-state index contributed by atoms with van der Waals surface area (Å²) in [5.74, 6) is -1.60. The maximum absolute atomic E-state index is 13.3. The summed E-state index contributed by atoms with van der Waals surface area (Å²) >= 11 is 0. The summed E-state index contributed by atoms with van der Waals surface area (Å²) in [6.45, 7) is 7.38. The normalized spacial score (nSPS) is 16.0. The van der Waals surface area contributed by atoms with Crippen molar-refractivity contribution in [2.45, 2.75) is 71.6 Å². The molecule has 1 saturated carbocycles. The Labute approximate surface area is 209 Å². The largest absolute Gasteiger partial charge is 0.481 e. The molecule has 3 rings (SSSR count). The minimum absolute atomic E-state index is 0. The third kappa shape index (κ3) is 8.14. The van der Waals surface area contributed by atoms with Gasteiger partial charge in [-0.3, -0.25) is 14.5 Å². The van der Waals surface area contributed by atoms with E-state index >= 15 is 0 Å². The zero-order valence-corrected chi connectivity index (χ0v) is 21.4. The number of hydrogen-bond donors (Lipinski definition) is 1. The third-order valence-electron chi connectivity index (χ3n) is 6.37. The molecule has 0 aromatic heterocycles. The van der Waals surface area contributed by atoms with Gasteiger partial charge in [-0.25, -0.2) is 0 Å². The van der Waals surface area contributed by atoms with E-state index in [0.29, 0.717) is 38.9 Å². The lowest BCUT2D eigenvalue weighted by Crippen LogP contribution is -2.41. The smallest absolute Gasteiger partial charge is 0.310 e. The van der Waals surface area contributed by atoms with Crippen molar-refractivity contribution < 1.29 is 19.4 Å². The summed E-state index contributed by atoms with van der Waals surface area (Å²) in [5.41, 5.74) is 0.855. The molecule has 1 unspecified atom stereocenters. The van der Waals surface area contributed by atoms with Crippen LogP contribution in [-0.4, -0.2) is 34.1 Å². The zero-order chi connectivity index (χ0) is 23.9. The molecule has 0 heterocycles. The van der Waals surface area contributed by atoms with Gasteiger partial charge in [0.05, 0.1) is 11.3 Å². The quantitative estimate of drug-likeness (QED) is 0.410. The fourth-order valence-electron chi connectivity index (χ4n) is 4.82. The van der Waals surface area contributed by atoms with Crippen LogP contribution in [0.4, 0.5) is 0 Å². The van der Waals surface area contributed by atoms with Gasteiger partial charge in [0, 0.05) is 19.6 Å². The molecule has 0 saturated heterocycles. The molecule has 0 bridgehead atoms. The number of carbonyl (C=O) groups is 2. The van der Waals surface area contributed by atoms with E-state index in [1.165, 1.54) is 0 Å². The maximum atomic E-state index is 13.3. The second-order valence-corrected chi connectivity index (χ2v) is 10.4. The Hall–Kier alpha value is -2.37. The standard InChI is InChI=1S/C28H37NO4.ClH/c1-27(2,3)33-25(30)24(18-28(26(31)32)16-10-11-17-28)21-29(19-22-12-6-4-7-13-22)20-23-14-8-5-9-15-23;/h4-9,12-15,24H,10-11,16-21H2,1-3H3,(H,31,32);1H. The molecular formula is C28H38ClNO4. The number of carbonyl (C=O) groups excluding carboxylic acids is 1. The monoisotopic (exact) mass is 487 g/mol. The van der Waals surface area contributed by atoms with E-state index in [2.05, 4.69) is 29.2 Å². The SMILES string of the molecule is CC(C)(C)OC(=O)C(CN(Cc1ccccc1)Cc1ccccc1)CC1(C(=O)O)CCCC1.Cl. The molecule has 6 heteroatoms. The van der Waals surface area contributed by atoms with Gasteiger partial charge in [-0.15, -0.1) is 12.4 Å². The summed E-state index contributed by atoms with van der Waals surface area (Å²) in [6.07, 6.45) is 3.35. The zero-order valence-electron chi connectivity index (χ0n) is 20.5. The van der Waals surface area contributed by atoms with E-state index in [1.807, 2.05) is 57.2 Å². The van der Waals surface area contributed by atoms with E-state index in [-0.39, 0.29) is 18.4 Å². The first-order chi connectivity index (χ1) is 15.7. The summed E-state index contributed by atoms with van der Waals surface area (Å²) in [7, 11) is 0. The van der Waals surface area contributed by atoms with Crippen LogP contribution in [0.15, 0.2) is 60.7 Å². The van der Waals surface area contributed by atoms with Crippen LogP contribution in [-0.2, 0) is 27.4 Å². The summed E-state index contributed by atoms with van der Waals surface area (Å²) in [6, 6.07) is 20.4. The lowest BCUT2D eigenvalue weighted by molar-refractivity contribution is -0.164. The molecule has 0 radical (unpaired) electrons. The summed E-state index contributed by atoms with van der Waals surface area (Å²) < 4.78 is 5.78. The average molecular weight is 488 g/mol. The van der Waals surface area contributed by atoms with Crippen LogP contribution in [0.25, 0.3) is 0 Å². The highest BCUT2D eigenvalue weighted by Gasteiger charge is 2.45. The van der Waals surface area contributed by atoms with Gasteiger partial charge in [0.15, 0.2) is 0 Å². The number of esters is 1. The molecule has 0 aliphatic heterocycles. The Bertz CT molecular complexity index is 864. The van der Waals surface area contributed by atoms with Crippen LogP contribution in [0.2, 0.25) is 0 Å². The Balaban J connectivity index is 0.00000408. The first-order valence-electron chi connectivity index (χ1n) is 11.9. The van der Waals surface area contributed by atoms with Gasteiger partial charge in [-0.05, 0) is 51.2 Å². The molecule has 2 aromatic rings. The van der Waals surface area contributed by atoms with Crippen molar-refractivity contribution in [2.24, 2.45) is 11.3 Å². The van der Waals surface area contributed by atoms with Crippen molar-refractivity contribution in [1.29, 1.82) is 0 Å². The highest BCUT2D eigenvalue weighted by molar-refractivity contribution is 5.85. The highest BCUT2D eigenvalue weighted by Crippen LogP contribution is 2.44. The molecule has 0 spiro atoms. The van der Waals surface area contributed by atoms with Gasteiger partial charge >= 0.3 is 11.9 Å². The number of aliphatic carboxylic acids is 1. The molecule has 0 amide bonds. The molecular weight excluding hydrogens is 450 g/mol. The van der Waals surface area contributed by atoms with E-state index in [0.717, 1.165) is 24.0 Å². The summed E-state index contributed by atoms with van der Waals surface area (Å²) in [4.78, 5) is 27.8. The number of nitrogens with zero attached hydrogens (tertiary/aromatic N) is 1. The van der Waals surface area contributed by atoms with Gasteiger partial charge in [0.2, 0.25) is 0 Å². The highest BCUT2D eigenvalue weighted by atomic mass is 35.5. The molecule has 1 fully saturated rings. The predicted molar refractivity (Wildman–Crippen MR) is 137 cm³/mol. The number of carboxylic acid groups (broad SMARTS) is 1. The Morgan fingerprint density at radius 1 is 0.941 bits per heavy atom. The van der Waals surface area contributed by atoms with Crippen LogP contribution in [0, 0.1) is 11.3 Å². The van der Waals surface area contributed by atoms with Gasteiger partial charge in [0.25, 0.3) is 0 Å². The van der Waals surface area contributed by atoms with E-state index in [4.69, 9.17) is 4.74 Å². The van der Waals surface area contributed by atoms with Crippen LogP contribution < -0.4 is 0 Å². The minimum atomic E-state index is -0.841. The number of hydrogen-bond acceptors (Lipinski definition) is 4. The second kappa shape index (κ2) is 12.4. The van der Waals surface area contributed by atoms with Gasteiger partial charge < -0.3 is 9.84 Å². The minimum Gasteiger partial charge on any atom is -0.481 e. The van der Waals surface area contributed by atoms with Crippen molar-refractivity contribution in [1.82, 2.24) is 4.90 Å². The topological polar surface area (TPSA) is 66.8 Å². The lowest BCUT2D eigenvalue weighted by atomic mass is 9.77. The van der Waals surface area contributed by atoms with Crippen LogP contribution >= 0.6 is 12.4 Å². The van der Waals surface area contributed by atoms with Crippen molar-refractivity contribution >= 4 is 24.3 Å². The average Bonchev–Trinajstić information content (AvgIpc) is 3.23. The maximum Gasteiger partial charge on any atom is 0.310 e. The number of ether oxygens (including phenoxy) is 1. The lowest BCUT2D eigenvalue weighted by Gasteiger charge is -2.33. The van der Waals surface area contributed by atoms with E-state index in [9.17, 15) is 14.7 Å². The summed E-state index contributed by atoms with van der Waals surface area (Å²) in [5, 5.41) is 10.1. The fraction of sp³-hybridized carbons (Fsp3) is 0.500. The van der Waals surface area contributed by atoms with Crippen molar-refractivity contribution in [3.63, 3.8) is 0 Å². The Morgan fingerprint density at radius 2 is 1.41 bits per heavy atom. The van der Waals surface area contributed by atoms with Gasteiger partial charge in [0.1, 0.15) is 5.60 Å². The number of rotatable bonds is 10. The molecule has 5 nitrogen and oxygen atoms in total. The first-order valence-corrected chi connectivity index (χ1v) is 11.9. The first kappa shape index (κ1) is 27.9. The molecule has 1 aliphatic carbocycles. The predicted octanol–water partition coefficient (Wildman–Crippen LogP) is 6.10. The molecule has 1 aliphatic rings. The van der Waals surface area contributed by atoms with Crippen molar-refractivity contribution in [3.8, 4) is 0 Å². The van der Waals surface area contributed by atoms with Crippen LogP contribution in [0.3, 0.4) is 0 Å². The van der Waals surface area contributed by atoms with Crippen LogP contribution in [0.1, 0.15) is 64.0 Å². The molecule has 34 heavy (non-hydrogen) atoms. The van der Waals surface area contributed by atoms with E-state index < -0.39 is 22.9 Å². The Morgan fingerprint density at radius 3 is 1.82 bits per heavy atom. The van der Waals surface area contributed by atoms with Crippen molar-refractivity contribution in [2.75, 3.05) is 6.54 Å². The molecule has 1 atom stereocenters. The molecule has 2 aromatic carbocycles. The number of benzene rings is 2. The van der Waals surface area contributed by atoms with Crippen LogP contribution in [0.5, 0.6) is 0 Å². The molecule has 1 N–H and O–H groups in total.